The van der Waals surface area contributed by atoms with Crippen molar-refractivity contribution in [2.75, 3.05) is 11.9 Å². The van der Waals surface area contributed by atoms with Crippen LogP contribution in [-0.2, 0) is 17.8 Å². The average molecular weight is 447 g/mol. The minimum atomic E-state index is -0.826. The summed E-state index contributed by atoms with van der Waals surface area (Å²) >= 11 is 3.44. The highest BCUT2D eigenvalue weighted by Crippen LogP contribution is 2.30. The number of carboxylic acids is 1. The number of rotatable bonds is 8. The number of fused-ring (bicyclic) bond motifs is 1. The van der Waals surface area contributed by atoms with Gasteiger partial charge in [0.05, 0.1) is 18.1 Å². The lowest BCUT2D eigenvalue weighted by molar-refractivity contribution is -0.148. The number of nitrogens with zero attached hydrogens (tertiary/aromatic N) is 3. The van der Waals surface area contributed by atoms with Crippen molar-refractivity contribution in [3.05, 3.63) is 46.3 Å². The summed E-state index contributed by atoms with van der Waals surface area (Å²) in [6.07, 6.45) is 5.76. The van der Waals surface area contributed by atoms with Crippen molar-refractivity contribution in [2.24, 2.45) is 10.4 Å². The van der Waals surface area contributed by atoms with Crippen molar-refractivity contribution < 1.29 is 14.7 Å². The fourth-order valence-corrected chi connectivity index (χ4v) is 3.83. The van der Waals surface area contributed by atoms with E-state index < -0.39 is 11.4 Å². The molecule has 8 heteroatoms. The Morgan fingerprint density at radius 1 is 1.39 bits per heavy atom. The number of aromatic nitrogens is 2. The summed E-state index contributed by atoms with van der Waals surface area (Å²) in [6.45, 7) is 2.56. The van der Waals surface area contributed by atoms with E-state index in [2.05, 4.69) is 31.2 Å². The molecule has 0 amide bonds. The third-order valence-electron chi connectivity index (χ3n) is 5.01. The molecule has 7 nitrogen and oxygen atoms in total. The van der Waals surface area contributed by atoms with Gasteiger partial charge in [0.2, 0.25) is 5.78 Å². The summed E-state index contributed by atoms with van der Waals surface area (Å²) in [7, 11) is 0. The highest BCUT2D eigenvalue weighted by atomic mass is 79.9. The van der Waals surface area contributed by atoms with E-state index in [9.17, 15) is 14.7 Å². The van der Waals surface area contributed by atoms with E-state index in [1.54, 1.807) is 13.3 Å². The summed E-state index contributed by atoms with van der Waals surface area (Å²) in [6, 6.07) is 7.77. The van der Waals surface area contributed by atoms with Crippen molar-refractivity contribution in [1.29, 1.82) is 0 Å². The number of carbonyl (C=O) groups is 2. The molecule has 1 aliphatic heterocycles. The van der Waals surface area contributed by atoms with Crippen molar-refractivity contribution in [2.45, 2.75) is 39.2 Å². The molecule has 28 heavy (non-hydrogen) atoms. The Hall–Kier alpha value is -2.48. The molecule has 0 fully saturated rings. The second-order valence-electron chi connectivity index (χ2n) is 7.30. The third kappa shape index (κ3) is 4.67. The molecular formula is C20H23BrN4O3. The Bertz CT molecular complexity index is 909. The van der Waals surface area contributed by atoms with E-state index in [-0.39, 0.29) is 12.3 Å². The number of ketones is 1. The van der Waals surface area contributed by atoms with Crippen molar-refractivity contribution in [3.63, 3.8) is 0 Å². The first-order valence-corrected chi connectivity index (χ1v) is 9.99. The van der Waals surface area contributed by atoms with Crippen molar-refractivity contribution in [3.8, 4) is 0 Å². The summed E-state index contributed by atoms with van der Waals surface area (Å²) in [5, 5.41) is 12.8. The number of nitrogens with one attached hydrogen (secondary N) is 1. The Morgan fingerprint density at radius 2 is 2.21 bits per heavy atom. The molecular weight excluding hydrogens is 424 g/mol. The predicted octanol–water partition coefficient (Wildman–Crippen LogP) is 3.79. The predicted molar refractivity (Wildman–Crippen MR) is 111 cm³/mol. The number of halogens is 1. The van der Waals surface area contributed by atoms with Crippen LogP contribution in [-0.4, -0.2) is 39.3 Å². The monoisotopic (exact) mass is 446 g/mol. The topological polar surface area (TPSA) is 96.6 Å². The van der Waals surface area contributed by atoms with E-state index in [0.717, 1.165) is 22.9 Å². The first-order chi connectivity index (χ1) is 13.4. The zero-order valence-electron chi connectivity index (χ0n) is 15.7. The Balaban J connectivity index is 1.59. The van der Waals surface area contributed by atoms with Gasteiger partial charge < -0.3 is 15.0 Å². The quantitative estimate of drug-likeness (QED) is 0.601. The third-order valence-corrected chi connectivity index (χ3v) is 5.50. The molecule has 1 aromatic heterocycles. The first-order valence-electron chi connectivity index (χ1n) is 9.20. The number of aliphatic carboxylic acids is 1. The molecule has 1 unspecified atom stereocenters. The molecule has 2 aromatic rings. The maximum atomic E-state index is 12.0. The van der Waals surface area contributed by atoms with Gasteiger partial charge in [-0.1, -0.05) is 34.5 Å². The highest BCUT2D eigenvalue weighted by Gasteiger charge is 2.32. The lowest BCUT2D eigenvalue weighted by Gasteiger charge is -2.25. The molecule has 1 aliphatic rings. The van der Waals surface area contributed by atoms with Crippen LogP contribution in [0.4, 0.5) is 5.82 Å². The van der Waals surface area contributed by atoms with Crippen molar-refractivity contribution in [1.82, 2.24) is 9.55 Å². The molecule has 0 radical (unpaired) electrons. The molecule has 0 saturated heterocycles. The summed E-state index contributed by atoms with van der Waals surface area (Å²) in [5.74, 6) is -0.240. The van der Waals surface area contributed by atoms with Gasteiger partial charge in [0.25, 0.3) is 0 Å². The highest BCUT2D eigenvalue weighted by molar-refractivity contribution is 9.10. The van der Waals surface area contributed by atoms with Gasteiger partial charge in [0, 0.05) is 11.0 Å². The molecule has 2 N–H and O–H groups in total. The van der Waals surface area contributed by atoms with E-state index in [1.807, 2.05) is 28.8 Å². The molecule has 148 valence electrons. The Kier molecular flexibility index (Phi) is 6.28. The van der Waals surface area contributed by atoms with Crippen LogP contribution in [0.25, 0.3) is 0 Å². The van der Waals surface area contributed by atoms with Crippen LogP contribution in [0.2, 0.25) is 0 Å². The van der Waals surface area contributed by atoms with Crippen LogP contribution in [0.5, 0.6) is 0 Å². The Labute approximate surface area is 172 Å². The van der Waals surface area contributed by atoms with Gasteiger partial charge in [0.15, 0.2) is 5.69 Å². The molecule has 2 heterocycles. The van der Waals surface area contributed by atoms with Crippen LogP contribution >= 0.6 is 15.9 Å². The molecule has 1 aromatic carbocycles. The van der Waals surface area contributed by atoms with Gasteiger partial charge in [0.1, 0.15) is 12.4 Å². The SMILES string of the molecule is CC(CCCCn1cnc2c1NC=NCC2=O)(Cc1cccc(Br)c1)C(=O)O. The average Bonchev–Trinajstić information content (AvgIpc) is 2.95. The first kappa shape index (κ1) is 20.3. The van der Waals surface area contributed by atoms with E-state index >= 15 is 0 Å². The molecule has 0 saturated carbocycles. The van der Waals surface area contributed by atoms with Crippen LogP contribution in [0, 0.1) is 5.41 Å². The second kappa shape index (κ2) is 8.68. The van der Waals surface area contributed by atoms with Gasteiger partial charge >= 0.3 is 5.97 Å². The van der Waals surface area contributed by atoms with Gasteiger partial charge in [-0.2, -0.15) is 0 Å². The summed E-state index contributed by atoms with van der Waals surface area (Å²) < 4.78 is 2.83. The van der Waals surface area contributed by atoms with Crippen LogP contribution in [0.15, 0.2) is 40.1 Å². The number of carboxylic acid groups (broad SMARTS) is 1. The molecule has 1 atom stereocenters. The number of anilines is 1. The van der Waals surface area contributed by atoms with E-state index in [0.29, 0.717) is 30.9 Å². The lowest BCUT2D eigenvalue weighted by atomic mass is 9.79. The van der Waals surface area contributed by atoms with Gasteiger partial charge in [-0.3, -0.25) is 14.6 Å². The maximum absolute atomic E-state index is 12.0. The lowest BCUT2D eigenvalue weighted by Crippen LogP contribution is -2.30. The number of imidazole rings is 1. The zero-order chi connectivity index (χ0) is 20.1. The fraction of sp³-hybridized carbons (Fsp3) is 0.400. The molecule has 0 spiro atoms. The van der Waals surface area contributed by atoms with Gasteiger partial charge in [-0.05, 0) is 43.9 Å². The van der Waals surface area contributed by atoms with E-state index in [4.69, 9.17) is 0 Å². The standard InChI is InChI=1S/C20H23BrN4O3/c1-20(19(27)28,10-14-5-4-6-15(21)9-14)7-2-3-8-25-13-24-17-16(26)11-22-12-23-18(17)25/h4-6,9,12-13H,2-3,7-8,10-11H2,1H3,(H,22,23)(H,27,28). The Morgan fingerprint density at radius 3 is 2.96 bits per heavy atom. The zero-order valence-corrected chi connectivity index (χ0v) is 17.3. The van der Waals surface area contributed by atoms with Gasteiger partial charge in [-0.25, -0.2) is 4.98 Å². The molecule has 3 rings (SSSR count). The number of aliphatic imine (C=N–C) groups is 1. The number of unbranched alkanes of at least 4 members (excludes halogenated alkanes) is 1. The fourth-order valence-electron chi connectivity index (χ4n) is 3.38. The number of Topliss-reactive ketones (excluding diaryl/α,β-unsaturated/α-hetero) is 1. The number of hydrogen-bond donors (Lipinski definition) is 2. The number of benzene rings is 1. The van der Waals surface area contributed by atoms with Crippen LogP contribution < -0.4 is 5.32 Å². The molecule has 0 aliphatic carbocycles. The van der Waals surface area contributed by atoms with Crippen LogP contribution in [0.3, 0.4) is 0 Å². The molecule has 0 bridgehead atoms. The minimum absolute atomic E-state index is 0.101. The van der Waals surface area contributed by atoms with Crippen LogP contribution in [0.1, 0.15) is 42.2 Å². The maximum Gasteiger partial charge on any atom is 0.309 e. The largest absolute Gasteiger partial charge is 0.481 e. The number of hydrogen-bond acceptors (Lipinski definition) is 5. The number of aryl methyl sites for hydroxylation is 1. The number of carbonyl (C=O) groups excluding carboxylic acids is 1. The van der Waals surface area contributed by atoms with Crippen molar-refractivity contribution >= 4 is 39.8 Å². The second-order valence-corrected chi connectivity index (χ2v) is 8.22. The van der Waals surface area contributed by atoms with E-state index in [1.165, 1.54) is 6.34 Å². The smallest absolute Gasteiger partial charge is 0.309 e. The summed E-state index contributed by atoms with van der Waals surface area (Å²) in [5.41, 5.74) is 0.580. The normalized spacial score (nSPS) is 15.4. The summed E-state index contributed by atoms with van der Waals surface area (Å²) in [4.78, 5) is 32.0. The minimum Gasteiger partial charge on any atom is -0.481 e. The van der Waals surface area contributed by atoms with Gasteiger partial charge in [-0.15, -0.1) is 0 Å².